The minimum atomic E-state index is 0.0297. The van der Waals surface area contributed by atoms with Crippen LogP contribution in [0, 0.1) is 5.92 Å². The Morgan fingerprint density at radius 3 is 2.63 bits per heavy atom. The van der Waals surface area contributed by atoms with Gasteiger partial charge in [-0.05, 0) is 44.7 Å². The van der Waals surface area contributed by atoms with Crippen LogP contribution in [-0.2, 0) is 9.53 Å². The first-order chi connectivity index (χ1) is 13.0. The number of rotatable bonds is 8. The Morgan fingerprint density at radius 2 is 2.00 bits per heavy atom. The van der Waals surface area contributed by atoms with Crippen molar-refractivity contribution in [3.05, 3.63) is 0 Å². The number of hydrogen-bond acceptors (Lipinski definition) is 4. The van der Waals surface area contributed by atoms with Crippen LogP contribution in [0.15, 0.2) is 4.99 Å². The highest BCUT2D eigenvalue weighted by molar-refractivity contribution is 5.85. The van der Waals surface area contributed by atoms with Gasteiger partial charge in [0.05, 0.1) is 6.10 Å². The van der Waals surface area contributed by atoms with Gasteiger partial charge in [0.25, 0.3) is 0 Å². The molecule has 2 heterocycles. The van der Waals surface area contributed by atoms with Gasteiger partial charge in [-0.25, -0.2) is 4.99 Å². The summed E-state index contributed by atoms with van der Waals surface area (Å²) in [4.78, 5) is 23.0. The number of ether oxygens (including phenoxy) is 1. The summed E-state index contributed by atoms with van der Waals surface area (Å²) in [6.45, 7) is 11.6. The van der Waals surface area contributed by atoms with Gasteiger partial charge < -0.3 is 24.8 Å². The van der Waals surface area contributed by atoms with Gasteiger partial charge in [0, 0.05) is 46.9 Å². The van der Waals surface area contributed by atoms with E-state index in [2.05, 4.69) is 34.0 Å². The summed E-state index contributed by atoms with van der Waals surface area (Å²) in [7, 11) is 3.55. The molecule has 2 fully saturated rings. The molecule has 0 aliphatic carbocycles. The number of hydrogen-bond donors (Lipinski definition) is 1. The van der Waals surface area contributed by atoms with Crippen LogP contribution in [0.1, 0.15) is 39.5 Å². The molecular weight excluding hydrogens is 342 g/mol. The van der Waals surface area contributed by atoms with E-state index in [4.69, 9.17) is 4.74 Å². The molecular formula is C20H39N5O2. The predicted octanol–water partition coefficient (Wildman–Crippen LogP) is 1.25. The topological polar surface area (TPSA) is 60.4 Å². The van der Waals surface area contributed by atoms with Crippen LogP contribution in [0.25, 0.3) is 0 Å². The molecule has 2 unspecified atom stereocenters. The number of nitrogens with zero attached hydrogens (tertiary/aromatic N) is 4. The van der Waals surface area contributed by atoms with Crippen molar-refractivity contribution >= 4 is 11.9 Å². The molecule has 0 saturated carbocycles. The van der Waals surface area contributed by atoms with Crippen LogP contribution >= 0.6 is 0 Å². The highest BCUT2D eigenvalue weighted by Crippen LogP contribution is 2.18. The summed E-state index contributed by atoms with van der Waals surface area (Å²) in [6, 6.07) is 0. The zero-order valence-electron chi connectivity index (χ0n) is 17.7. The van der Waals surface area contributed by atoms with E-state index in [-0.39, 0.29) is 18.6 Å². The predicted molar refractivity (Wildman–Crippen MR) is 110 cm³/mol. The van der Waals surface area contributed by atoms with E-state index in [1.807, 2.05) is 0 Å². The number of nitrogens with one attached hydrogen (secondary N) is 1. The van der Waals surface area contributed by atoms with Crippen molar-refractivity contribution in [1.82, 2.24) is 20.0 Å². The maximum absolute atomic E-state index is 12.0. The minimum absolute atomic E-state index is 0.0297. The molecule has 27 heavy (non-hydrogen) atoms. The summed E-state index contributed by atoms with van der Waals surface area (Å²) in [5.41, 5.74) is 0. The largest absolute Gasteiger partial charge is 0.376 e. The van der Waals surface area contributed by atoms with Gasteiger partial charge in [-0.2, -0.15) is 0 Å². The van der Waals surface area contributed by atoms with E-state index >= 15 is 0 Å². The Kier molecular flexibility index (Phi) is 9.34. The third-order valence-corrected chi connectivity index (χ3v) is 5.62. The molecule has 7 nitrogen and oxygen atoms in total. The Hall–Kier alpha value is -1.34. The maximum atomic E-state index is 12.0. The summed E-state index contributed by atoms with van der Waals surface area (Å²) in [5, 5.41) is 3.49. The normalized spacial score (nSPS) is 23.7. The number of amides is 1. The Labute approximate surface area is 165 Å². The van der Waals surface area contributed by atoms with Gasteiger partial charge in [0.2, 0.25) is 5.91 Å². The zero-order chi connectivity index (χ0) is 19.6. The second-order valence-electron chi connectivity index (χ2n) is 7.88. The molecule has 0 bridgehead atoms. The van der Waals surface area contributed by atoms with Gasteiger partial charge in [-0.15, -0.1) is 0 Å². The molecule has 7 heteroatoms. The van der Waals surface area contributed by atoms with Crippen LogP contribution in [0.2, 0.25) is 0 Å². The van der Waals surface area contributed by atoms with Gasteiger partial charge in [-0.3, -0.25) is 4.79 Å². The monoisotopic (exact) mass is 381 g/mol. The first kappa shape index (κ1) is 22.0. The average Bonchev–Trinajstić information content (AvgIpc) is 3.15. The molecule has 2 atom stereocenters. The third kappa shape index (κ3) is 7.30. The molecule has 1 amide bonds. The molecule has 2 aliphatic heterocycles. The van der Waals surface area contributed by atoms with Crippen LogP contribution in [0.5, 0.6) is 0 Å². The number of guanidine groups is 1. The fourth-order valence-electron chi connectivity index (χ4n) is 3.75. The van der Waals surface area contributed by atoms with Crippen molar-refractivity contribution in [2.45, 2.75) is 45.6 Å². The van der Waals surface area contributed by atoms with Gasteiger partial charge in [-0.1, -0.05) is 13.8 Å². The second-order valence-corrected chi connectivity index (χ2v) is 7.88. The van der Waals surface area contributed by atoms with E-state index in [0.29, 0.717) is 5.92 Å². The first-order valence-corrected chi connectivity index (χ1v) is 10.6. The fraction of sp³-hybridized carbons (Fsp3) is 0.900. The lowest BCUT2D eigenvalue weighted by molar-refractivity contribution is -0.127. The van der Waals surface area contributed by atoms with Crippen molar-refractivity contribution in [2.75, 3.05) is 66.5 Å². The van der Waals surface area contributed by atoms with Crippen molar-refractivity contribution in [3.8, 4) is 0 Å². The van der Waals surface area contributed by atoms with E-state index in [0.717, 1.165) is 64.7 Å². The van der Waals surface area contributed by atoms with Crippen molar-refractivity contribution in [1.29, 1.82) is 0 Å². The van der Waals surface area contributed by atoms with Crippen LogP contribution in [0.4, 0.5) is 0 Å². The number of carbonyl (C=O) groups is 1. The highest BCUT2D eigenvalue weighted by Gasteiger charge is 2.27. The second kappa shape index (κ2) is 11.5. The number of carbonyl (C=O) groups excluding carboxylic acids is 1. The molecule has 0 spiro atoms. The molecule has 0 aromatic heterocycles. The molecule has 2 rings (SSSR count). The molecule has 2 aliphatic rings. The molecule has 1 N–H and O–H groups in total. The molecule has 0 radical (unpaired) electrons. The van der Waals surface area contributed by atoms with Crippen molar-refractivity contribution in [3.63, 3.8) is 0 Å². The number of likely N-dealkylation sites (N-methyl/N-ethyl adjacent to an activating group) is 1. The minimum Gasteiger partial charge on any atom is -0.376 e. The summed E-state index contributed by atoms with van der Waals surface area (Å²) in [5.74, 6) is 1.55. The Balaban J connectivity index is 1.94. The highest BCUT2D eigenvalue weighted by atomic mass is 16.5. The van der Waals surface area contributed by atoms with Crippen LogP contribution in [0.3, 0.4) is 0 Å². The van der Waals surface area contributed by atoms with E-state index in [1.165, 1.54) is 12.8 Å². The molecule has 2 saturated heterocycles. The van der Waals surface area contributed by atoms with E-state index < -0.39 is 0 Å². The van der Waals surface area contributed by atoms with E-state index in [1.54, 1.807) is 19.0 Å². The smallest absolute Gasteiger partial charge is 0.243 e. The Bertz CT molecular complexity index is 473. The maximum Gasteiger partial charge on any atom is 0.243 e. The Morgan fingerprint density at radius 1 is 1.22 bits per heavy atom. The van der Waals surface area contributed by atoms with E-state index in [9.17, 15) is 4.79 Å². The first-order valence-electron chi connectivity index (χ1n) is 10.6. The standard InChI is InChI=1S/C20H39N5O2/c1-5-24(6-2)15-17-10-11-25(16-17)20(22-14-19(26)23(3)4)21-13-18-9-7-8-12-27-18/h17-18H,5-16H2,1-4H3,(H,21,22). The fourth-order valence-corrected chi connectivity index (χ4v) is 3.75. The SMILES string of the molecule is CCN(CC)CC1CCN(C(=NCC(=O)N(C)C)NCC2CCCCO2)C1. The lowest BCUT2D eigenvalue weighted by atomic mass is 10.1. The van der Waals surface area contributed by atoms with Crippen LogP contribution in [-0.4, -0.2) is 99.2 Å². The van der Waals surface area contributed by atoms with Crippen molar-refractivity contribution < 1.29 is 9.53 Å². The van der Waals surface area contributed by atoms with Gasteiger partial charge in [0.15, 0.2) is 5.96 Å². The lowest BCUT2D eigenvalue weighted by Gasteiger charge is -2.27. The van der Waals surface area contributed by atoms with Gasteiger partial charge in [0.1, 0.15) is 6.54 Å². The quantitative estimate of drug-likeness (QED) is 0.507. The van der Waals surface area contributed by atoms with Crippen molar-refractivity contribution in [2.24, 2.45) is 10.9 Å². The average molecular weight is 382 g/mol. The molecule has 0 aromatic rings. The van der Waals surface area contributed by atoms with Crippen LogP contribution < -0.4 is 5.32 Å². The molecule has 0 aromatic carbocycles. The lowest BCUT2D eigenvalue weighted by Crippen LogP contribution is -2.45. The summed E-state index contributed by atoms with van der Waals surface area (Å²) < 4.78 is 5.84. The zero-order valence-corrected chi connectivity index (χ0v) is 17.7. The summed E-state index contributed by atoms with van der Waals surface area (Å²) >= 11 is 0. The summed E-state index contributed by atoms with van der Waals surface area (Å²) in [6.07, 6.45) is 4.92. The number of likely N-dealkylation sites (tertiary alicyclic amines) is 1. The van der Waals surface area contributed by atoms with Gasteiger partial charge >= 0.3 is 0 Å². The third-order valence-electron chi connectivity index (χ3n) is 5.62. The number of aliphatic imine (C=N–C) groups is 1. The molecule has 156 valence electrons.